The van der Waals surface area contributed by atoms with E-state index in [1.165, 1.54) is 5.56 Å². The van der Waals surface area contributed by atoms with Gasteiger partial charge in [0.2, 0.25) is 0 Å². The summed E-state index contributed by atoms with van der Waals surface area (Å²) in [6.45, 7) is 0. The molecular weight excluding hydrogens is 210 g/mol. The van der Waals surface area contributed by atoms with Crippen molar-refractivity contribution in [2.75, 3.05) is 11.9 Å². The molecule has 0 radical (unpaired) electrons. The van der Waals surface area contributed by atoms with Gasteiger partial charge in [-0.15, -0.1) is 0 Å². The third kappa shape index (κ3) is 1.53. The fourth-order valence-electron chi connectivity index (χ4n) is 2.37. The second-order valence-electron chi connectivity index (χ2n) is 4.33. The van der Waals surface area contributed by atoms with Crippen LogP contribution in [0.3, 0.4) is 0 Å². The zero-order valence-corrected chi connectivity index (χ0v) is 9.68. The fourth-order valence-corrected chi connectivity index (χ4v) is 2.37. The number of carbonyl (C=O) groups excluding carboxylic acids is 1. The molecule has 3 rings (SSSR count). The molecule has 0 saturated carbocycles. The lowest BCUT2D eigenvalue weighted by atomic mass is 10.0. The summed E-state index contributed by atoms with van der Waals surface area (Å²) >= 11 is 0. The number of nitrogens with zero attached hydrogens (tertiary/aromatic N) is 1. The third-order valence-electron chi connectivity index (χ3n) is 3.29. The van der Waals surface area contributed by atoms with Crippen LogP contribution >= 0.6 is 0 Å². The van der Waals surface area contributed by atoms with Crippen LogP contribution < -0.4 is 4.90 Å². The predicted octanol–water partition coefficient (Wildman–Crippen LogP) is 2.87. The zero-order valence-electron chi connectivity index (χ0n) is 9.68. The van der Waals surface area contributed by atoms with E-state index in [0.717, 1.165) is 23.2 Å². The van der Waals surface area contributed by atoms with Gasteiger partial charge in [-0.05, 0) is 23.3 Å². The van der Waals surface area contributed by atoms with Crippen molar-refractivity contribution in [3.63, 3.8) is 0 Å². The number of amides is 1. The average molecular weight is 223 g/mol. The van der Waals surface area contributed by atoms with E-state index in [1.807, 2.05) is 49.5 Å². The number of para-hydroxylation sites is 1. The molecule has 0 fully saturated rings. The van der Waals surface area contributed by atoms with Crippen LogP contribution in [0.15, 0.2) is 48.5 Å². The molecule has 0 spiro atoms. The van der Waals surface area contributed by atoms with Gasteiger partial charge in [-0.3, -0.25) is 4.79 Å². The Balaban J connectivity index is 2.24. The van der Waals surface area contributed by atoms with Gasteiger partial charge in [0, 0.05) is 24.7 Å². The highest BCUT2D eigenvalue weighted by Crippen LogP contribution is 2.29. The molecule has 0 aromatic heterocycles. The first-order valence-corrected chi connectivity index (χ1v) is 5.71. The van der Waals surface area contributed by atoms with E-state index in [9.17, 15) is 4.79 Å². The maximum atomic E-state index is 12.3. The molecule has 17 heavy (non-hydrogen) atoms. The molecule has 2 aromatic rings. The van der Waals surface area contributed by atoms with Crippen molar-refractivity contribution in [1.29, 1.82) is 0 Å². The van der Waals surface area contributed by atoms with Gasteiger partial charge >= 0.3 is 0 Å². The molecule has 0 atom stereocenters. The van der Waals surface area contributed by atoms with Crippen molar-refractivity contribution >= 4 is 11.6 Å². The number of hydrogen-bond donors (Lipinski definition) is 0. The van der Waals surface area contributed by atoms with Crippen LogP contribution in [-0.2, 0) is 6.42 Å². The Labute approximate surface area is 100 Å². The first-order chi connectivity index (χ1) is 8.27. The monoisotopic (exact) mass is 223 g/mol. The van der Waals surface area contributed by atoms with Gasteiger partial charge in [0.1, 0.15) is 0 Å². The first-order valence-electron chi connectivity index (χ1n) is 5.71. The molecule has 0 bridgehead atoms. The standard InChI is InChI=1S/C15H13NO/c1-16-14-9-5-3-7-12(14)10-11-6-2-4-8-13(11)15(16)17/h2-9H,10H2,1H3. The normalized spacial score (nSPS) is 13.9. The molecule has 0 N–H and O–H groups in total. The lowest BCUT2D eigenvalue weighted by molar-refractivity contribution is 0.0993. The Morgan fingerprint density at radius 3 is 2.41 bits per heavy atom. The van der Waals surface area contributed by atoms with Gasteiger partial charge in [0.05, 0.1) is 0 Å². The molecule has 2 heteroatoms. The van der Waals surface area contributed by atoms with E-state index in [0.29, 0.717) is 0 Å². The smallest absolute Gasteiger partial charge is 0.258 e. The van der Waals surface area contributed by atoms with Crippen molar-refractivity contribution in [3.05, 3.63) is 65.2 Å². The molecule has 0 unspecified atom stereocenters. The minimum absolute atomic E-state index is 0.0746. The molecule has 2 aromatic carbocycles. The summed E-state index contributed by atoms with van der Waals surface area (Å²) in [6, 6.07) is 15.9. The largest absolute Gasteiger partial charge is 0.311 e. The van der Waals surface area contributed by atoms with E-state index in [4.69, 9.17) is 0 Å². The molecular formula is C15H13NO. The highest BCUT2D eigenvalue weighted by atomic mass is 16.2. The molecule has 84 valence electrons. The quantitative estimate of drug-likeness (QED) is 0.672. The first kappa shape index (κ1) is 10.1. The minimum atomic E-state index is 0.0746. The van der Waals surface area contributed by atoms with Crippen molar-refractivity contribution in [3.8, 4) is 0 Å². The third-order valence-corrected chi connectivity index (χ3v) is 3.29. The summed E-state index contributed by atoms with van der Waals surface area (Å²) in [4.78, 5) is 14.1. The summed E-state index contributed by atoms with van der Waals surface area (Å²) in [5, 5.41) is 0. The number of fused-ring (bicyclic) bond motifs is 2. The van der Waals surface area contributed by atoms with Gasteiger partial charge in [0.25, 0.3) is 5.91 Å². The van der Waals surface area contributed by atoms with Gasteiger partial charge in [0.15, 0.2) is 0 Å². The maximum absolute atomic E-state index is 12.3. The number of rotatable bonds is 0. The van der Waals surface area contributed by atoms with E-state index in [2.05, 4.69) is 6.07 Å². The Morgan fingerprint density at radius 1 is 0.941 bits per heavy atom. The van der Waals surface area contributed by atoms with E-state index in [-0.39, 0.29) is 5.91 Å². The summed E-state index contributed by atoms with van der Waals surface area (Å²) in [6.07, 6.45) is 0.822. The van der Waals surface area contributed by atoms with Crippen LogP contribution in [0.1, 0.15) is 21.5 Å². The number of hydrogen-bond acceptors (Lipinski definition) is 1. The number of anilines is 1. The molecule has 1 amide bonds. The topological polar surface area (TPSA) is 20.3 Å². The van der Waals surface area contributed by atoms with Crippen LogP contribution in [0.2, 0.25) is 0 Å². The van der Waals surface area contributed by atoms with Crippen LogP contribution in [0.4, 0.5) is 5.69 Å². The van der Waals surface area contributed by atoms with Gasteiger partial charge < -0.3 is 4.90 Å². The van der Waals surface area contributed by atoms with Crippen molar-refractivity contribution in [2.24, 2.45) is 0 Å². The molecule has 1 aliphatic rings. The van der Waals surface area contributed by atoms with Crippen LogP contribution in [0.25, 0.3) is 0 Å². The van der Waals surface area contributed by atoms with Gasteiger partial charge in [-0.1, -0.05) is 36.4 Å². The van der Waals surface area contributed by atoms with E-state index >= 15 is 0 Å². The number of benzene rings is 2. The molecule has 2 nitrogen and oxygen atoms in total. The van der Waals surface area contributed by atoms with E-state index in [1.54, 1.807) is 4.90 Å². The molecule has 1 aliphatic heterocycles. The Kier molecular flexibility index (Phi) is 2.22. The maximum Gasteiger partial charge on any atom is 0.258 e. The summed E-state index contributed by atoms with van der Waals surface area (Å²) in [7, 11) is 1.84. The second kappa shape index (κ2) is 3.74. The van der Waals surface area contributed by atoms with E-state index < -0.39 is 0 Å². The van der Waals surface area contributed by atoms with Crippen molar-refractivity contribution < 1.29 is 4.79 Å². The summed E-state index contributed by atoms with van der Waals surface area (Å²) in [5.41, 5.74) is 4.13. The highest BCUT2D eigenvalue weighted by molar-refractivity contribution is 6.08. The molecule has 1 heterocycles. The van der Waals surface area contributed by atoms with Gasteiger partial charge in [-0.25, -0.2) is 0 Å². The second-order valence-corrected chi connectivity index (χ2v) is 4.33. The predicted molar refractivity (Wildman–Crippen MR) is 68.4 cm³/mol. The lowest BCUT2D eigenvalue weighted by Crippen LogP contribution is -2.25. The zero-order chi connectivity index (χ0) is 11.8. The van der Waals surface area contributed by atoms with Crippen LogP contribution in [0, 0.1) is 0 Å². The lowest BCUT2D eigenvalue weighted by Gasteiger charge is -2.17. The van der Waals surface area contributed by atoms with Gasteiger partial charge in [-0.2, -0.15) is 0 Å². The average Bonchev–Trinajstić information content (AvgIpc) is 2.48. The minimum Gasteiger partial charge on any atom is -0.311 e. The molecule has 0 aliphatic carbocycles. The Bertz CT molecular complexity index is 589. The van der Waals surface area contributed by atoms with Crippen LogP contribution in [0.5, 0.6) is 0 Å². The summed E-state index contributed by atoms with van der Waals surface area (Å²) in [5.74, 6) is 0.0746. The summed E-state index contributed by atoms with van der Waals surface area (Å²) < 4.78 is 0. The Hall–Kier alpha value is -2.09. The molecule has 0 saturated heterocycles. The highest BCUT2D eigenvalue weighted by Gasteiger charge is 2.22. The van der Waals surface area contributed by atoms with Crippen LogP contribution in [-0.4, -0.2) is 13.0 Å². The fraction of sp³-hybridized carbons (Fsp3) is 0.133. The number of carbonyl (C=O) groups is 1. The van der Waals surface area contributed by atoms with Crippen molar-refractivity contribution in [1.82, 2.24) is 0 Å². The Morgan fingerprint density at radius 2 is 1.59 bits per heavy atom. The SMILES string of the molecule is CN1C(=O)c2ccccc2Cc2ccccc21. The van der Waals surface area contributed by atoms with Crippen molar-refractivity contribution in [2.45, 2.75) is 6.42 Å².